The van der Waals surface area contributed by atoms with Crippen LogP contribution in [0.2, 0.25) is 0 Å². The topological polar surface area (TPSA) is 155 Å². The first-order valence-electron chi connectivity index (χ1n) is 7.79. The van der Waals surface area contributed by atoms with Crippen LogP contribution in [0.4, 0.5) is 0 Å². The van der Waals surface area contributed by atoms with Gasteiger partial charge >= 0.3 is 40.0 Å². The van der Waals surface area contributed by atoms with Gasteiger partial charge in [-0.3, -0.25) is 18.7 Å². The molecular weight excluding hydrogens is 349 g/mol. The van der Waals surface area contributed by atoms with Gasteiger partial charge in [0.25, 0.3) is 5.91 Å². The number of Topliss-reactive ketones (excluding diaryl/α,β-unsaturated/α-hetero) is 1. The van der Waals surface area contributed by atoms with Crippen LogP contribution in [-0.4, -0.2) is 70.0 Å². The van der Waals surface area contributed by atoms with E-state index < -0.39 is 28.2 Å². The number of aliphatic hydroxyl groups excluding tert-OH is 1. The third-order valence-electron chi connectivity index (χ3n) is 3.10. The van der Waals surface area contributed by atoms with Gasteiger partial charge in [-0.1, -0.05) is 58.3 Å². The van der Waals surface area contributed by atoms with E-state index >= 15 is 0 Å². The van der Waals surface area contributed by atoms with E-state index in [1.807, 2.05) is 0 Å². The fraction of sp³-hybridized carbons (Fsp3) is 0.857. The molecule has 1 atom stereocenters. The average Bonchev–Trinajstić information content (AvgIpc) is 2.42. The van der Waals surface area contributed by atoms with Gasteiger partial charge < -0.3 is 10.8 Å². The van der Waals surface area contributed by atoms with E-state index in [1.54, 1.807) is 0 Å². The summed E-state index contributed by atoms with van der Waals surface area (Å²) in [5.74, 6) is -1.40. The average molecular weight is 379 g/mol. The molecule has 0 spiro atoms. The summed E-state index contributed by atoms with van der Waals surface area (Å²) in [7, 11) is -4.67. The van der Waals surface area contributed by atoms with E-state index in [1.165, 1.54) is 38.5 Å². The van der Waals surface area contributed by atoms with Crippen molar-refractivity contribution in [3.05, 3.63) is 0 Å². The van der Waals surface area contributed by atoms with Crippen molar-refractivity contribution in [2.45, 2.75) is 77.2 Å². The summed E-state index contributed by atoms with van der Waals surface area (Å²) in [5.41, 5.74) is 4.84. The minimum absolute atomic E-state index is 0. The van der Waals surface area contributed by atoms with E-state index in [9.17, 15) is 9.59 Å². The number of primary amides is 1. The number of unbranched alkanes of at least 4 members (excludes halogenated alkanes) is 8. The van der Waals surface area contributed by atoms with Gasteiger partial charge in [-0.25, -0.2) is 0 Å². The zero-order valence-corrected chi connectivity index (χ0v) is 14.4. The summed E-state index contributed by atoms with van der Waals surface area (Å²) in [5, 5.41) is 9.09. The fourth-order valence-electron chi connectivity index (χ4n) is 1.91. The van der Waals surface area contributed by atoms with Crippen molar-refractivity contribution in [1.29, 1.82) is 0 Å². The number of hydrogen-bond acceptors (Lipinski definition) is 5. The van der Waals surface area contributed by atoms with Crippen molar-refractivity contribution in [1.82, 2.24) is 0 Å². The van der Waals surface area contributed by atoms with E-state index in [-0.39, 0.29) is 36.0 Å². The second-order valence-electron chi connectivity index (χ2n) is 5.30. The number of rotatable bonds is 12. The third kappa shape index (κ3) is 26.8. The third-order valence-corrected chi connectivity index (χ3v) is 3.10. The number of ketones is 1. The monoisotopic (exact) mass is 379 g/mol. The number of hydrogen-bond donors (Lipinski definition) is 4. The molecule has 0 aliphatic heterocycles. The maximum absolute atomic E-state index is 11.2. The Bertz CT molecular complexity index is 421. The quantitative estimate of drug-likeness (QED) is 0.171. The first kappa shape index (κ1) is 28.8. The molecule has 24 heavy (non-hydrogen) atoms. The summed E-state index contributed by atoms with van der Waals surface area (Å²) in [4.78, 5) is 21.8. The van der Waals surface area contributed by atoms with Crippen LogP contribution in [0.15, 0.2) is 0 Å². The van der Waals surface area contributed by atoms with Crippen LogP contribution in [0.5, 0.6) is 0 Å². The Morgan fingerprint density at radius 1 is 0.917 bits per heavy atom. The van der Waals surface area contributed by atoms with Gasteiger partial charge in [0.2, 0.25) is 0 Å². The van der Waals surface area contributed by atoms with E-state index in [0.29, 0.717) is 0 Å². The Labute approximate surface area is 166 Å². The second kappa shape index (κ2) is 17.8. The predicted molar refractivity (Wildman–Crippen MR) is 93.4 cm³/mol. The molecule has 0 aliphatic rings. The molecule has 0 aromatic carbocycles. The number of carbonyl (C=O) groups is 2. The van der Waals surface area contributed by atoms with Crippen LogP contribution in [0, 0.1) is 0 Å². The fourth-order valence-corrected chi connectivity index (χ4v) is 1.91. The molecule has 10 heteroatoms. The molecule has 0 aliphatic carbocycles. The van der Waals surface area contributed by atoms with Crippen LogP contribution in [0.1, 0.15) is 71.1 Å². The van der Waals surface area contributed by atoms with Gasteiger partial charge in [0.1, 0.15) is 0 Å². The molecule has 1 amide bonds. The maximum atomic E-state index is 11.2. The van der Waals surface area contributed by atoms with E-state index in [4.69, 9.17) is 28.4 Å². The number of amides is 1. The summed E-state index contributed by atoms with van der Waals surface area (Å²) in [6, 6.07) is 0. The molecule has 0 aromatic rings. The summed E-state index contributed by atoms with van der Waals surface area (Å²) >= 11 is 0. The molecule has 0 saturated heterocycles. The van der Waals surface area contributed by atoms with Crippen molar-refractivity contribution < 1.29 is 32.2 Å². The molecule has 0 rings (SSSR count). The van der Waals surface area contributed by atoms with Crippen LogP contribution in [-0.2, 0) is 20.0 Å². The molecule has 0 fully saturated rings. The van der Waals surface area contributed by atoms with Crippen molar-refractivity contribution in [2.24, 2.45) is 5.73 Å². The number of nitrogens with two attached hydrogens (primary N) is 1. The van der Waals surface area contributed by atoms with Crippen molar-refractivity contribution >= 4 is 51.6 Å². The first-order chi connectivity index (χ1) is 10.6. The Hall–Kier alpha value is -0.0300. The molecule has 0 radical (unpaired) electrons. The van der Waals surface area contributed by atoms with Crippen molar-refractivity contribution in [3.63, 3.8) is 0 Å². The van der Waals surface area contributed by atoms with Gasteiger partial charge in [0.15, 0.2) is 11.9 Å². The van der Waals surface area contributed by atoms with Crippen LogP contribution in [0.25, 0.3) is 0 Å². The summed E-state index contributed by atoms with van der Waals surface area (Å²) in [6.07, 6.45) is 9.14. The number of carbonyl (C=O) groups excluding carboxylic acids is 2. The Kier molecular flexibility index (Phi) is 21.3. The van der Waals surface area contributed by atoms with E-state index in [2.05, 4.69) is 6.92 Å². The van der Waals surface area contributed by atoms with Gasteiger partial charge in [-0.15, -0.1) is 0 Å². The van der Waals surface area contributed by atoms with Gasteiger partial charge in [0.05, 0.1) is 0 Å². The second-order valence-corrected chi connectivity index (χ2v) is 6.19. The van der Waals surface area contributed by atoms with Crippen molar-refractivity contribution in [2.75, 3.05) is 0 Å². The van der Waals surface area contributed by atoms with Crippen LogP contribution < -0.4 is 5.73 Å². The van der Waals surface area contributed by atoms with E-state index in [0.717, 1.165) is 19.3 Å². The molecule has 5 N–H and O–H groups in total. The molecule has 1 unspecified atom stereocenters. The molecule has 0 saturated carbocycles. The number of aliphatic hydroxyl groups is 1. The molecule has 140 valence electrons. The Balaban J connectivity index is -0.000000639. The molecule has 8 nitrogen and oxygen atoms in total. The molecule has 0 heterocycles. The van der Waals surface area contributed by atoms with Crippen LogP contribution >= 0.6 is 0 Å². The standard InChI is InChI=1S/C14H27NO3.Na.H2O4S.H/c1-2-3-4-5-6-7-8-9-10-11-12(16)13(17)14(15)18;;1-5(2,3)4;/h13,17H,2-11H2,1H3,(H2,15,18);;(H2,1,2,3,4);. The van der Waals surface area contributed by atoms with Gasteiger partial charge in [-0.2, -0.15) is 8.42 Å². The normalized spacial score (nSPS) is 11.7. The zero-order valence-electron chi connectivity index (χ0n) is 13.6. The Morgan fingerprint density at radius 2 is 1.25 bits per heavy atom. The molecular formula is C14H30NNaO7S. The summed E-state index contributed by atoms with van der Waals surface area (Å²) < 4.78 is 31.6. The molecule has 0 aromatic heterocycles. The zero-order chi connectivity index (χ0) is 18.3. The Morgan fingerprint density at radius 3 is 1.58 bits per heavy atom. The first-order valence-corrected chi connectivity index (χ1v) is 9.19. The van der Waals surface area contributed by atoms with Gasteiger partial charge in [0, 0.05) is 6.42 Å². The van der Waals surface area contributed by atoms with Crippen molar-refractivity contribution in [3.8, 4) is 0 Å². The van der Waals surface area contributed by atoms with Crippen LogP contribution in [0.3, 0.4) is 0 Å². The SMILES string of the molecule is CCCCCCCCCCCC(=O)C(O)C(N)=O.O=S(=O)(O)O.[NaH]. The predicted octanol–water partition coefficient (Wildman–Crippen LogP) is 1.02. The minimum atomic E-state index is -4.67. The van der Waals surface area contributed by atoms with Gasteiger partial charge in [-0.05, 0) is 6.42 Å². The summed E-state index contributed by atoms with van der Waals surface area (Å²) in [6.45, 7) is 2.21. The molecule has 0 bridgehead atoms.